The second-order valence-electron chi connectivity index (χ2n) is 8.05. The first-order valence-electron chi connectivity index (χ1n) is 11.6. The zero-order chi connectivity index (χ0) is 22.8. The second kappa shape index (κ2) is 12.1. The summed E-state index contributed by atoms with van der Waals surface area (Å²) in [6.45, 7) is 6.18. The summed E-state index contributed by atoms with van der Waals surface area (Å²) in [7, 11) is 0. The Morgan fingerprint density at radius 2 is 1.75 bits per heavy atom. The average molecular weight is 439 g/mol. The molecule has 2 amide bonds. The number of amides is 2. The molecule has 0 bridgehead atoms. The first-order valence-corrected chi connectivity index (χ1v) is 11.6. The van der Waals surface area contributed by atoms with Crippen molar-refractivity contribution in [1.82, 2.24) is 10.2 Å². The summed E-state index contributed by atoms with van der Waals surface area (Å²) in [5.74, 6) is 1.36. The van der Waals surface area contributed by atoms with Gasteiger partial charge in [0.15, 0.2) is 11.5 Å². The molecule has 6 heteroatoms. The molecule has 2 aromatic rings. The van der Waals surface area contributed by atoms with Gasteiger partial charge in [-0.15, -0.1) is 0 Å². The van der Waals surface area contributed by atoms with Crippen molar-refractivity contribution >= 4 is 11.8 Å². The summed E-state index contributed by atoms with van der Waals surface area (Å²) < 4.78 is 11.2. The van der Waals surface area contributed by atoms with E-state index in [1.807, 2.05) is 55.5 Å². The van der Waals surface area contributed by atoms with Gasteiger partial charge in [-0.1, -0.05) is 56.7 Å². The number of unbranched alkanes of at least 4 members (excludes halogenated alkanes) is 1. The topological polar surface area (TPSA) is 67.9 Å². The number of hydrogen-bond acceptors (Lipinski definition) is 4. The molecule has 1 heterocycles. The molecule has 32 heavy (non-hydrogen) atoms. The molecule has 0 aliphatic carbocycles. The van der Waals surface area contributed by atoms with Crippen LogP contribution in [0.4, 0.5) is 0 Å². The van der Waals surface area contributed by atoms with Gasteiger partial charge < -0.3 is 19.7 Å². The van der Waals surface area contributed by atoms with E-state index < -0.39 is 6.04 Å². The van der Waals surface area contributed by atoms with E-state index in [0.717, 1.165) is 35.5 Å². The third-order valence-corrected chi connectivity index (χ3v) is 5.65. The predicted octanol–water partition coefficient (Wildman–Crippen LogP) is 4.11. The van der Waals surface area contributed by atoms with E-state index >= 15 is 0 Å². The van der Waals surface area contributed by atoms with Crippen LogP contribution in [-0.2, 0) is 22.6 Å². The zero-order valence-electron chi connectivity index (χ0n) is 19.1. The van der Waals surface area contributed by atoms with Crippen LogP contribution in [0.2, 0.25) is 0 Å². The van der Waals surface area contributed by atoms with Crippen molar-refractivity contribution in [2.24, 2.45) is 0 Å². The Morgan fingerprint density at radius 1 is 1.00 bits per heavy atom. The average Bonchev–Trinajstić information content (AvgIpc) is 2.83. The van der Waals surface area contributed by atoms with Crippen LogP contribution in [0, 0.1) is 0 Å². The van der Waals surface area contributed by atoms with E-state index in [-0.39, 0.29) is 11.8 Å². The van der Waals surface area contributed by atoms with Gasteiger partial charge in [0.05, 0.1) is 0 Å². The molecule has 0 spiro atoms. The molecule has 1 atom stereocenters. The summed E-state index contributed by atoms with van der Waals surface area (Å²) in [5, 5.41) is 3.00. The SMILES string of the molecule is CCCCNC(=O)[C@@H](CC)N(Cc1ccccc1)C(=O)CCc1ccc2c(c1)OCCO2. The maximum Gasteiger partial charge on any atom is 0.242 e. The molecule has 0 saturated heterocycles. The smallest absolute Gasteiger partial charge is 0.242 e. The molecule has 1 aliphatic heterocycles. The van der Waals surface area contributed by atoms with E-state index in [0.29, 0.717) is 45.6 Å². The molecule has 0 unspecified atom stereocenters. The highest BCUT2D eigenvalue weighted by Gasteiger charge is 2.28. The Labute approximate surface area is 190 Å². The van der Waals surface area contributed by atoms with E-state index in [4.69, 9.17) is 9.47 Å². The predicted molar refractivity (Wildman–Crippen MR) is 125 cm³/mol. The van der Waals surface area contributed by atoms with E-state index in [2.05, 4.69) is 12.2 Å². The maximum absolute atomic E-state index is 13.3. The monoisotopic (exact) mass is 438 g/mol. The summed E-state index contributed by atoms with van der Waals surface area (Å²) in [6, 6.07) is 15.2. The second-order valence-corrected chi connectivity index (χ2v) is 8.05. The Hall–Kier alpha value is -3.02. The molecular formula is C26H34N2O4. The molecule has 172 valence electrons. The molecule has 1 N–H and O–H groups in total. The molecule has 6 nitrogen and oxygen atoms in total. The number of fused-ring (bicyclic) bond motifs is 1. The van der Waals surface area contributed by atoms with Gasteiger partial charge in [0.25, 0.3) is 0 Å². The first kappa shape index (κ1) is 23.6. The number of carbonyl (C=O) groups is 2. The van der Waals surface area contributed by atoms with Crippen molar-refractivity contribution in [3.63, 3.8) is 0 Å². The Morgan fingerprint density at radius 3 is 2.47 bits per heavy atom. The molecule has 2 aromatic carbocycles. The van der Waals surface area contributed by atoms with Crippen LogP contribution in [0.1, 0.15) is 50.7 Å². The van der Waals surface area contributed by atoms with Crippen LogP contribution in [-0.4, -0.2) is 42.5 Å². The lowest BCUT2D eigenvalue weighted by molar-refractivity contribution is -0.141. The van der Waals surface area contributed by atoms with Crippen LogP contribution in [0.25, 0.3) is 0 Å². The Bertz CT molecular complexity index is 885. The minimum atomic E-state index is -0.486. The van der Waals surface area contributed by atoms with Crippen LogP contribution < -0.4 is 14.8 Å². The normalized spacial score (nSPS) is 13.3. The van der Waals surface area contributed by atoms with Crippen LogP contribution in [0.3, 0.4) is 0 Å². The Balaban J connectivity index is 1.71. The van der Waals surface area contributed by atoms with Gasteiger partial charge in [0.1, 0.15) is 19.3 Å². The fourth-order valence-corrected chi connectivity index (χ4v) is 3.84. The molecule has 0 radical (unpaired) electrons. The number of rotatable bonds is 11. The molecule has 0 saturated carbocycles. The maximum atomic E-state index is 13.3. The van der Waals surface area contributed by atoms with Gasteiger partial charge in [-0.3, -0.25) is 9.59 Å². The van der Waals surface area contributed by atoms with Gasteiger partial charge in [0, 0.05) is 19.5 Å². The summed E-state index contributed by atoms with van der Waals surface area (Å²) in [4.78, 5) is 27.9. The third-order valence-electron chi connectivity index (χ3n) is 5.65. The fraction of sp³-hybridized carbons (Fsp3) is 0.462. The highest BCUT2D eigenvalue weighted by molar-refractivity contribution is 5.87. The van der Waals surface area contributed by atoms with Crippen LogP contribution in [0.15, 0.2) is 48.5 Å². The van der Waals surface area contributed by atoms with Gasteiger partial charge in [-0.2, -0.15) is 0 Å². The van der Waals surface area contributed by atoms with Crippen molar-refractivity contribution < 1.29 is 19.1 Å². The largest absolute Gasteiger partial charge is 0.486 e. The van der Waals surface area contributed by atoms with Gasteiger partial charge in [-0.25, -0.2) is 0 Å². The minimum absolute atomic E-state index is 0.0266. The van der Waals surface area contributed by atoms with Crippen molar-refractivity contribution in [2.75, 3.05) is 19.8 Å². The summed E-state index contributed by atoms with van der Waals surface area (Å²) >= 11 is 0. The standard InChI is InChI=1S/C26H34N2O4/c1-3-5-15-27-26(30)22(4-2)28(19-21-9-7-6-8-10-21)25(29)14-12-20-11-13-23-24(18-20)32-17-16-31-23/h6-11,13,18,22H,3-5,12,14-17,19H2,1-2H3,(H,27,30)/t22-/m1/s1. The molecule has 0 aromatic heterocycles. The zero-order valence-corrected chi connectivity index (χ0v) is 19.1. The number of carbonyl (C=O) groups excluding carboxylic acids is 2. The summed E-state index contributed by atoms with van der Waals surface area (Å²) in [5.41, 5.74) is 2.03. The quantitative estimate of drug-likeness (QED) is 0.536. The van der Waals surface area contributed by atoms with E-state index in [1.165, 1.54) is 0 Å². The number of nitrogens with zero attached hydrogens (tertiary/aromatic N) is 1. The number of hydrogen-bond donors (Lipinski definition) is 1. The van der Waals surface area contributed by atoms with E-state index in [1.54, 1.807) is 4.90 Å². The minimum Gasteiger partial charge on any atom is -0.486 e. The number of nitrogens with one attached hydrogen (secondary N) is 1. The van der Waals surface area contributed by atoms with Crippen LogP contribution >= 0.6 is 0 Å². The molecular weight excluding hydrogens is 404 g/mol. The number of ether oxygens (including phenoxy) is 2. The number of benzene rings is 2. The van der Waals surface area contributed by atoms with Gasteiger partial charge in [0.2, 0.25) is 11.8 Å². The van der Waals surface area contributed by atoms with Crippen molar-refractivity contribution in [3.05, 3.63) is 59.7 Å². The lowest BCUT2D eigenvalue weighted by Crippen LogP contribution is -2.49. The highest BCUT2D eigenvalue weighted by Crippen LogP contribution is 2.31. The number of aryl methyl sites for hydroxylation is 1. The first-order chi connectivity index (χ1) is 15.6. The summed E-state index contributed by atoms with van der Waals surface area (Å²) in [6.07, 6.45) is 3.42. The third kappa shape index (κ3) is 6.49. The molecule has 1 aliphatic rings. The molecule has 0 fully saturated rings. The lowest BCUT2D eigenvalue weighted by atomic mass is 10.1. The van der Waals surface area contributed by atoms with E-state index in [9.17, 15) is 9.59 Å². The van der Waals surface area contributed by atoms with Crippen molar-refractivity contribution in [1.29, 1.82) is 0 Å². The van der Waals surface area contributed by atoms with Gasteiger partial charge in [-0.05, 0) is 42.5 Å². The van der Waals surface area contributed by atoms with Crippen molar-refractivity contribution in [2.45, 2.75) is 58.5 Å². The van der Waals surface area contributed by atoms with Crippen LogP contribution in [0.5, 0.6) is 11.5 Å². The Kier molecular flexibility index (Phi) is 8.96. The molecule has 3 rings (SSSR count). The lowest BCUT2D eigenvalue weighted by Gasteiger charge is -2.31. The highest BCUT2D eigenvalue weighted by atomic mass is 16.6. The van der Waals surface area contributed by atoms with Crippen molar-refractivity contribution in [3.8, 4) is 11.5 Å². The van der Waals surface area contributed by atoms with Gasteiger partial charge >= 0.3 is 0 Å². The fourth-order valence-electron chi connectivity index (χ4n) is 3.84.